The summed E-state index contributed by atoms with van der Waals surface area (Å²) in [5, 5.41) is 2.93. The van der Waals surface area contributed by atoms with Gasteiger partial charge in [0.15, 0.2) is 0 Å². The fraction of sp³-hybridized carbons (Fsp3) is 0.606. The van der Waals surface area contributed by atoms with E-state index in [2.05, 4.69) is 61.6 Å². The Labute approximate surface area is 242 Å². The van der Waals surface area contributed by atoms with Crippen molar-refractivity contribution in [1.82, 2.24) is 5.32 Å². The fourth-order valence-corrected chi connectivity index (χ4v) is 6.57. The second kappa shape index (κ2) is 22.1. The van der Waals surface area contributed by atoms with Crippen LogP contribution in [0.25, 0.3) is 0 Å². The van der Waals surface area contributed by atoms with Crippen LogP contribution >= 0.6 is 0 Å². The first kappa shape index (κ1) is 32.5. The van der Waals surface area contributed by atoms with E-state index >= 15 is 0 Å². The molecule has 0 aromatic heterocycles. The van der Waals surface area contributed by atoms with Crippen LogP contribution in [-0.2, 0) is 4.74 Å². The van der Waals surface area contributed by atoms with E-state index in [1.165, 1.54) is 77.8 Å². The topological polar surface area (TPSA) is 47.6 Å². The number of unbranched alkanes of at least 4 members (excludes halogenated alkanes) is 12. The molecule has 5 heteroatoms. The molecule has 214 valence electrons. The van der Waals surface area contributed by atoms with Gasteiger partial charge in [-0.05, 0) is 0 Å². The van der Waals surface area contributed by atoms with Crippen LogP contribution in [0.4, 0.5) is 4.79 Å². The maximum absolute atomic E-state index is 12.4. The Morgan fingerprint density at radius 1 is 0.711 bits per heavy atom. The van der Waals surface area contributed by atoms with Crippen molar-refractivity contribution in [2.75, 3.05) is 13.2 Å². The van der Waals surface area contributed by atoms with Crippen molar-refractivity contribution in [1.29, 1.82) is 0 Å². The van der Waals surface area contributed by atoms with Gasteiger partial charge in [-0.1, -0.05) is 71.6 Å². The van der Waals surface area contributed by atoms with Gasteiger partial charge >= 0.3 is 172 Å². The van der Waals surface area contributed by atoms with Gasteiger partial charge in [0.1, 0.15) is 0 Å². The normalized spacial score (nSPS) is 11.8. The van der Waals surface area contributed by atoms with E-state index in [1.807, 2.05) is 12.1 Å². The van der Waals surface area contributed by atoms with Crippen LogP contribution in [0.1, 0.15) is 110 Å². The summed E-state index contributed by atoms with van der Waals surface area (Å²) in [6, 6.07) is 19.1. The van der Waals surface area contributed by atoms with Gasteiger partial charge in [-0.3, -0.25) is 0 Å². The van der Waals surface area contributed by atoms with E-state index < -0.39 is 0 Å². The predicted molar refractivity (Wildman–Crippen MR) is 155 cm³/mol. The Balaban J connectivity index is 1.74. The first-order valence-electron chi connectivity index (χ1n) is 15.1. The summed E-state index contributed by atoms with van der Waals surface area (Å²) in [7, 11) is 0. The molecular formula is C33H51INO3-. The van der Waals surface area contributed by atoms with E-state index in [0.29, 0.717) is 13.2 Å². The quantitative estimate of drug-likeness (QED) is 0.124. The van der Waals surface area contributed by atoms with Gasteiger partial charge in [0.2, 0.25) is 0 Å². The minimum Gasteiger partial charge on any atom is -0.0654 e. The molecule has 2 rings (SSSR count). The van der Waals surface area contributed by atoms with Gasteiger partial charge in [0, 0.05) is 0 Å². The number of ether oxygens (including phenoxy) is 2. The molecule has 1 amide bonds. The van der Waals surface area contributed by atoms with Crippen molar-refractivity contribution in [3.8, 4) is 5.75 Å². The van der Waals surface area contributed by atoms with Gasteiger partial charge in [-0.25, -0.2) is 0 Å². The van der Waals surface area contributed by atoms with Crippen LogP contribution in [0.2, 0.25) is 0 Å². The van der Waals surface area contributed by atoms with Crippen LogP contribution in [0.15, 0.2) is 54.6 Å². The van der Waals surface area contributed by atoms with Gasteiger partial charge in [-0.15, -0.1) is 0 Å². The summed E-state index contributed by atoms with van der Waals surface area (Å²) in [5.41, 5.74) is 0. The maximum atomic E-state index is 12.4. The minimum absolute atomic E-state index is 0.183. The molecular weight excluding hydrogens is 585 g/mol. The molecule has 0 aliphatic carbocycles. The molecule has 0 aliphatic heterocycles. The molecule has 0 saturated carbocycles. The SMILES string of the molecule is CCCCCCCCCCCCC(COc1ccc([I-]c2ccccc2)cc1)OC(=O)NCCCCCC. The third-order valence-electron chi connectivity index (χ3n) is 6.65. The number of carbonyl (C=O) groups is 1. The van der Waals surface area contributed by atoms with Crippen LogP contribution in [0.5, 0.6) is 5.75 Å². The average molecular weight is 637 g/mol. The first-order chi connectivity index (χ1) is 18.7. The molecule has 1 atom stereocenters. The fourth-order valence-electron chi connectivity index (χ4n) is 4.36. The van der Waals surface area contributed by atoms with Crippen LogP contribution in [0, 0.1) is 7.14 Å². The summed E-state index contributed by atoms with van der Waals surface area (Å²) in [4.78, 5) is 12.4. The number of hydrogen-bond acceptors (Lipinski definition) is 3. The summed E-state index contributed by atoms with van der Waals surface area (Å²) in [6.07, 6.45) is 17.8. The Bertz CT molecular complexity index is 828. The van der Waals surface area contributed by atoms with Gasteiger partial charge in [-0.2, -0.15) is 0 Å². The van der Waals surface area contributed by atoms with Gasteiger partial charge in [0.25, 0.3) is 0 Å². The second-order valence-electron chi connectivity index (χ2n) is 10.1. The molecule has 0 heterocycles. The number of amides is 1. The zero-order valence-corrected chi connectivity index (χ0v) is 26.1. The van der Waals surface area contributed by atoms with Crippen molar-refractivity contribution in [3.63, 3.8) is 0 Å². The molecule has 2 aromatic rings. The zero-order valence-electron chi connectivity index (χ0n) is 23.9. The van der Waals surface area contributed by atoms with Gasteiger partial charge < -0.3 is 0 Å². The third kappa shape index (κ3) is 16.3. The molecule has 2 aromatic carbocycles. The van der Waals surface area contributed by atoms with Crippen molar-refractivity contribution in [3.05, 3.63) is 61.7 Å². The Hall–Kier alpha value is -1.76. The number of halogens is 1. The molecule has 0 spiro atoms. The van der Waals surface area contributed by atoms with Crippen LogP contribution < -0.4 is 31.3 Å². The van der Waals surface area contributed by atoms with Gasteiger partial charge in [0.05, 0.1) is 0 Å². The second-order valence-corrected chi connectivity index (χ2v) is 13.2. The van der Waals surface area contributed by atoms with E-state index in [1.54, 1.807) is 0 Å². The zero-order chi connectivity index (χ0) is 27.1. The number of alkyl carbamates (subject to hydrolysis) is 1. The van der Waals surface area contributed by atoms with Crippen molar-refractivity contribution in [2.24, 2.45) is 0 Å². The number of rotatable bonds is 22. The van der Waals surface area contributed by atoms with Crippen molar-refractivity contribution in [2.45, 2.75) is 116 Å². The first-order valence-corrected chi connectivity index (χ1v) is 17.2. The summed E-state index contributed by atoms with van der Waals surface area (Å²) >= 11 is -0.183. The molecule has 4 nitrogen and oxygen atoms in total. The molecule has 1 unspecified atom stereocenters. The Kier molecular flexibility index (Phi) is 18.9. The standard InChI is InChI=1S/C33H51INO3/c1-3-5-7-9-10-11-12-13-14-18-22-32(38-33(36)35-27-19-8-6-4-2)28-37-31-25-23-30(24-26-31)34-29-20-16-15-17-21-29/h15-17,20-21,23-26,32H,3-14,18-19,22,27-28H2,1-2H3,(H,35,36)/q-1. The molecule has 0 bridgehead atoms. The number of carbonyl (C=O) groups excluding carboxylic acids is 1. The molecule has 0 saturated heterocycles. The Morgan fingerprint density at radius 3 is 1.89 bits per heavy atom. The summed E-state index contributed by atoms with van der Waals surface area (Å²) in [5.74, 6) is 0.836. The van der Waals surface area contributed by atoms with E-state index in [0.717, 1.165) is 31.4 Å². The van der Waals surface area contributed by atoms with Crippen molar-refractivity contribution < 1.29 is 35.5 Å². The van der Waals surface area contributed by atoms with E-state index in [9.17, 15) is 4.79 Å². The smallest absolute Gasteiger partial charge is 0.0654 e. The molecule has 38 heavy (non-hydrogen) atoms. The average Bonchev–Trinajstić information content (AvgIpc) is 2.94. The van der Waals surface area contributed by atoms with Crippen molar-refractivity contribution >= 4 is 6.09 Å². The number of benzene rings is 2. The third-order valence-corrected chi connectivity index (χ3v) is 9.34. The summed E-state index contributed by atoms with van der Waals surface area (Å²) < 4.78 is 14.6. The predicted octanol–water partition coefficient (Wildman–Crippen LogP) is 6.18. The number of nitrogens with one attached hydrogen (secondary N) is 1. The minimum atomic E-state index is -0.315. The number of hydrogen-bond donors (Lipinski definition) is 1. The van der Waals surface area contributed by atoms with E-state index in [-0.39, 0.29) is 33.4 Å². The molecule has 0 fully saturated rings. The van der Waals surface area contributed by atoms with E-state index in [4.69, 9.17) is 9.47 Å². The van der Waals surface area contributed by atoms with Crippen LogP contribution in [0.3, 0.4) is 0 Å². The molecule has 0 aliphatic rings. The molecule has 0 radical (unpaired) electrons. The Morgan fingerprint density at radius 2 is 1.26 bits per heavy atom. The summed E-state index contributed by atoms with van der Waals surface area (Å²) in [6.45, 7) is 5.53. The monoisotopic (exact) mass is 636 g/mol. The van der Waals surface area contributed by atoms with Crippen LogP contribution in [-0.4, -0.2) is 25.3 Å². The molecule has 1 N–H and O–H groups in total.